The van der Waals surface area contributed by atoms with Crippen molar-refractivity contribution in [3.63, 3.8) is 0 Å². The average molecular weight is 367 g/mol. The van der Waals surface area contributed by atoms with Gasteiger partial charge in [0.1, 0.15) is 0 Å². The van der Waals surface area contributed by atoms with E-state index in [4.69, 9.17) is 15.5 Å². The maximum atomic E-state index is 13.6. The standard InChI is InChI=1S/C16H22FN5O2S/c1-9-12(17)13(23)20-15(19-9)22-6-11-7-25-14(18)21-16(11,8-22)10-2-4-24-5-3-10/h10-11H,2-8H2,1H3,(H2,18,21)(H,19,20,23). The van der Waals surface area contributed by atoms with Gasteiger partial charge in [-0.15, -0.1) is 0 Å². The number of rotatable bonds is 2. The molecule has 7 nitrogen and oxygen atoms in total. The van der Waals surface area contributed by atoms with E-state index in [1.165, 1.54) is 6.92 Å². The van der Waals surface area contributed by atoms with Gasteiger partial charge >= 0.3 is 0 Å². The summed E-state index contributed by atoms with van der Waals surface area (Å²) in [5.74, 6) is 1.21. The minimum absolute atomic E-state index is 0.117. The highest BCUT2D eigenvalue weighted by molar-refractivity contribution is 8.13. The predicted molar refractivity (Wildman–Crippen MR) is 95.6 cm³/mol. The number of amidine groups is 1. The number of hydrogen-bond donors (Lipinski definition) is 2. The van der Waals surface area contributed by atoms with E-state index < -0.39 is 11.4 Å². The van der Waals surface area contributed by atoms with Crippen LogP contribution >= 0.6 is 11.8 Å². The minimum atomic E-state index is -0.822. The largest absolute Gasteiger partial charge is 0.381 e. The number of halogens is 1. The highest BCUT2D eigenvalue weighted by Crippen LogP contribution is 2.46. The van der Waals surface area contributed by atoms with Crippen molar-refractivity contribution in [1.29, 1.82) is 0 Å². The number of aryl methyl sites for hydroxylation is 1. The summed E-state index contributed by atoms with van der Waals surface area (Å²) in [7, 11) is 0. The van der Waals surface area contributed by atoms with Gasteiger partial charge in [-0.25, -0.2) is 4.98 Å². The van der Waals surface area contributed by atoms with Crippen molar-refractivity contribution >= 4 is 22.9 Å². The van der Waals surface area contributed by atoms with Gasteiger partial charge in [0.2, 0.25) is 11.8 Å². The molecule has 2 unspecified atom stereocenters. The molecule has 0 aliphatic carbocycles. The van der Waals surface area contributed by atoms with Crippen molar-refractivity contribution in [2.75, 3.05) is 37.0 Å². The van der Waals surface area contributed by atoms with Crippen LogP contribution in [0.25, 0.3) is 0 Å². The van der Waals surface area contributed by atoms with Crippen LogP contribution in [0.5, 0.6) is 0 Å². The number of thioether (sulfide) groups is 1. The summed E-state index contributed by atoms with van der Waals surface area (Å²) >= 11 is 1.58. The number of aromatic nitrogens is 2. The molecule has 3 N–H and O–H groups in total. The van der Waals surface area contributed by atoms with Gasteiger partial charge in [0.15, 0.2) is 5.17 Å². The number of aliphatic imine (C=N–C) groups is 1. The zero-order valence-corrected chi connectivity index (χ0v) is 14.9. The Morgan fingerprint density at radius 3 is 2.88 bits per heavy atom. The van der Waals surface area contributed by atoms with Crippen LogP contribution in [0.2, 0.25) is 0 Å². The molecule has 9 heteroatoms. The Labute approximate surface area is 149 Å². The molecule has 0 aromatic carbocycles. The maximum absolute atomic E-state index is 13.6. The van der Waals surface area contributed by atoms with E-state index in [0.717, 1.165) is 38.4 Å². The summed E-state index contributed by atoms with van der Waals surface area (Å²) in [6, 6.07) is 0. The molecule has 3 aliphatic rings. The molecule has 136 valence electrons. The quantitative estimate of drug-likeness (QED) is 0.806. The molecular formula is C16H22FN5O2S. The smallest absolute Gasteiger partial charge is 0.288 e. The number of fused-ring (bicyclic) bond motifs is 1. The van der Waals surface area contributed by atoms with Gasteiger partial charge in [0, 0.05) is 38.0 Å². The van der Waals surface area contributed by atoms with Crippen molar-refractivity contribution in [3.8, 4) is 0 Å². The normalized spacial score (nSPS) is 30.2. The lowest BCUT2D eigenvalue weighted by atomic mass is 9.73. The fourth-order valence-corrected chi connectivity index (χ4v) is 5.29. The Morgan fingerprint density at radius 1 is 1.40 bits per heavy atom. The molecule has 2 fully saturated rings. The molecule has 25 heavy (non-hydrogen) atoms. The SMILES string of the molecule is Cc1nc(N2CC3CSC(N)=NC3(C3CCOCC3)C2)[nH]c(=O)c1F. The maximum Gasteiger partial charge on any atom is 0.288 e. The second-order valence-corrected chi connectivity index (χ2v) is 8.05. The molecule has 4 rings (SSSR count). The molecular weight excluding hydrogens is 345 g/mol. The molecule has 0 bridgehead atoms. The van der Waals surface area contributed by atoms with Crippen molar-refractivity contribution in [2.24, 2.45) is 22.6 Å². The van der Waals surface area contributed by atoms with Gasteiger partial charge in [-0.2, -0.15) is 4.39 Å². The van der Waals surface area contributed by atoms with Crippen LogP contribution in [0.15, 0.2) is 9.79 Å². The van der Waals surface area contributed by atoms with Gasteiger partial charge in [-0.05, 0) is 25.7 Å². The van der Waals surface area contributed by atoms with Crippen LogP contribution < -0.4 is 16.2 Å². The van der Waals surface area contributed by atoms with Gasteiger partial charge in [0.25, 0.3) is 5.56 Å². The lowest BCUT2D eigenvalue weighted by molar-refractivity contribution is 0.0351. The molecule has 2 atom stereocenters. The van der Waals surface area contributed by atoms with Crippen LogP contribution in [-0.2, 0) is 4.74 Å². The topological polar surface area (TPSA) is 96.6 Å². The van der Waals surface area contributed by atoms with Gasteiger partial charge < -0.3 is 15.4 Å². The van der Waals surface area contributed by atoms with Gasteiger partial charge in [-0.3, -0.25) is 14.8 Å². The molecule has 3 aliphatic heterocycles. The summed E-state index contributed by atoms with van der Waals surface area (Å²) in [6.45, 7) is 4.36. The first-order chi connectivity index (χ1) is 12.0. The molecule has 2 saturated heterocycles. The number of hydrogen-bond acceptors (Lipinski definition) is 7. The Balaban J connectivity index is 1.70. The van der Waals surface area contributed by atoms with Crippen molar-refractivity contribution in [2.45, 2.75) is 25.3 Å². The first kappa shape index (κ1) is 16.8. The molecule has 0 radical (unpaired) electrons. The van der Waals surface area contributed by atoms with Crippen LogP contribution in [0.4, 0.5) is 10.3 Å². The number of ether oxygens (including phenoxy) is 1. The number of nitrogens with one attached hydrogen (secondary N) is 1. The summed E-state index contributed by atoms with van der Waals surface area (Å²) in [4.78, 5) is 25.6. The van der Waals surface area contributed by atoms with Gasteiger partial charge in [-0.1, -0.05) is 11.8 Å². The first-order valence-electron chi connectivity index (χ1n) is 8.57. The van der Waals surface area contributed by atoms with E-state index in [1.807, 2.05) is 4.90 Å². The fraction of sp³-hybridized carbons (Fsp3) is 0.688. The van der Waals surface area contributed by atoms with Crippen LogP contribution in [0.3, 0.4) is 0 Å². The monoisotopic (exact) mass is 367 g/mol. The molecule has 0 amide bonds. The Morgan fingerprint density at radius 2 is 2.16 bits per heavy atom. The van der Waals surface area contributed by atoms with E-state index >= 15 is 0 Å². The summed E-state index contributed by atoms with van der Waals surface area (Å²) in [5, 5.41) is 0.626. The highest BCUT2D eigenvalue weighted by atomic mass is 32.2. The number of nitrogens with zero attached hydrogens (tertiary/aromatic N) is 3. The minimum Gasteiger partial charge on any atom is -0.381 e. The summed E-state index contributed by atoms with van der Waals surface area (Å²) in [5.41, 5.74) is 5.19. The molecule has 4 heterocycles. The third-order valence-corrected chi connectivity index (χ3v) is 6.54. The third kappa shape index (κ3) is 2.83. The lowest BCUT2D eigenvalue weighted by Crippen LogP contribution is -2.50. The second kappa shape index (κ2) is 6.28. The van der Waals surface area contributed by atoms with Crippen molar-refractivity contribution in [1.82, 2.24) is 9.97 Å². The van der Waals surface area contributed by atoms with Crippen molar-refractivity contribution in [3.05, 3.63) is 21.9 Å². The van der Waals surface area contributed by atoms with E-state index in [2.05, 4.69) is 9.97 Å². The number of anilines is 1. The van der Waals surface area contributed by atoms with E-state index in [1.54, 1.807) is 11.8 Å². The zero-order chi connectivity index (χ0) is 17.6. The van der Waals surface area contributed by atoms with E-state index in [-0.39, 0.29) is 11.2 Å². The van der Waals surface area contributed by atoms with Crippen LogP contribution in [-0.4, -0.2) is 52.7 Å². The van der Waals surface area contributed by atoms with Crippen LogP contribution in [0.1, 0.15) is 18.5 Å². The number of nitrogens with two attached hydrogens (primary N) is 1. The van der Waals surface area contributed by atoms with Gasteiger partial charge in [0.05, 0.1) is 11.2 Å². The molecule has 1 aromatic heterocycles. The van der Waals surface area contributed by atoms with Crippen molar-refractivity contribution < 1.29 is 9.13 Å². The Bertz CT molecular complexity index is 763. The molecule has 1 aromatic rings. The zero-order valence-electron chi connectivity index (χ0n) is 14.1. The van der Waals surface area contributed by atoms with E-state index in [9.17, 15) is 9.18 Å². The molecule has 0 spiro atoms. The summed E-state index contributed by atoms with van der Waals surface area (Å²) < 4.78 is 19.1. The Kier molecular flexibility index (Phi) is 4.23. The Hall–Kier alpha value is -1.61. The number of H-pyrrole nitrogens is 1. The second-order valence-electron chi connectivity index (χ2n) is 7.01. The molecule has 0 saturated carbocycles. The fourth-order valence-electron chi connectivity index (χ4n) is 4.29. The average Bonchev–Trinajstić information content (AvgIpc) is 3.00. The summed E-state index contributed by atoms with van der Waals surface area (Å²) in [6.07, 6.45) is 1.91. The number of aromatic amines is 1. The van der Waals surface area contributed by atoms with Crippen LogP contribution in [0, 0.1) is 24.6 Å². The lowest BCUT2D eigenvalue weighted by Gasteiger charge is -2.42. The van der Waals surface area contributed by atoms with E-state index in [0.29, 0.717) is 29.5 Å². The highest BCUT2D eigenvalue weighted by Gasteiger charge is 2.54. The first-order valence-corrected chi connectivity index (χ1v) is 9.55. The third-order valence-electron chi connectivity index (χ3n) is 5.59. The predicted octanol–water partition coefficient (Wildman–Crippen LogP) is 0.881.